The number of anilines is 1. The number of tetrazole rings is 1. The molecule has 0 saturated carbocycles. The Morgan fingerprint density at radius 1 is 1.23 bits per heavy atom. The number of benzene rings is 1. The summed E-state index contributed by atoms with van der Waals surface area (Å²) in [6.07, 6.45) is 2.33. The van der Waals surface area contributed by atoms with E-state index in [1.165, 1.54) is 15.3 Å². The van der Waals surface area contributed by atoms with Gasteiger partial charge in [-0.2, -0.15) is 4.31 Å². The van der Waals surface area contributed by atoms with Crippen molar-refractivity contribution in [3.8, 4) is 5.69 Å². The Bertz CT molecular complexity index is 1130. The number of carbonyl (C=O) groups excluding carboxylic acids is 1. The number of aryl methyl sites for hydroxylation is 2. The molecule has 4 rings (SSSR count). The van der Waals surface area contributed by atoms with Gasteiger partial charge in [0, 0.05) is 24.7 Å². The van der Waals surface area contributed by atoms with Gasteiger partial charge in [-0.1, -0.05) is 11.2 Å². The molecule has 0 spiro atoms. The average Bonchev–Trinajstić information content (AvgIpc) is 3.38. The maximum atomic E-state index is 12.9. The van der Waals surface area contributed by atoms with E-state index in [9.17, 15) is 13.2 Å². The molecule has 0 aliphatic carbocycles. The summed E-state index contributed by atoms with van der Waals surface area (Å²) in [7, 11) is -3.69. The molecule has 158 valence electrons. The molecule has 1 amide bonds. The summed E-state index contributed by atoms with van der Waals surface area (Å²) in [6.45, 7) is 3.70. The van der Waals surface area contributed by atoms with Gasteiger partial charge in [-0.25, -0.2) is 13.1 Å². The summed E-state index contributed by atoms with van der Waals surface area (Å²) >= 11 is 0. The first-order valence-electron chi connectivity index (χ1n) is 9.43. The number of rotatable bonds is 5. The van der Waals surface area contributed by atoms with Gasteiger partial charge in [-0.15, -0.1) is 5.10 Å². The maximum absolute atomic E-state index is 12.9. The number of hydrogen-bond donors (Lipinski definition) is 1. The number of piperidine rings is 1. The van der Waals surface area contributed by atoms with E-state index in [1.54, 1.807) is 32.0 Å². The third-order valence-electron chi connectivity index (χ3n) is 5.12. The molecule has 0 radical (unpaired) electrons. The van der Waals surface area contributed by atoms with E-state index in [4.69, 9.17) is 4.52 Å². The smallest absolute Gasteiger partial charge is 0.248 e. The molecular weight excluding hydrogens is 410 g/mol. The summed E-state index contributed by atoms with van der Waals surface area (Å²) < 4.78 is 33.7. The number of carbonyl (C=O) groups is 1. The molecule has 2 aromatic heterocycles. The van der Waals surface area contributed by atoms with Gasteiger partial charge in [0.05, 0.1) is 5.69 Å². The van der Waals surface area contributed by atoms with Crippen LogP contribution < -0.4 is 5.32 Å². The highest BCUT2D eigenvalue weighted by atomic mass is 32.2. The number of aromatic nitrogens is 5. The van der Waals surface area contributed by atoms with Crippen molar-refractivity contribution in [1.82, 2.24) is 29.7 Å². The lowest BCUT2D eigenvalue weighted by Crippen LogP contribution is -2.41. The van der Waals surface area contributed by atoms with E-state index in [1.807, 2.05) is 6.07 Å². The summed E-state index contributed by atoms with van der Waals surface area (Å²) in [5.74, 6) is -0.147. The highest BCUT2D eigenvalue weighted by molar-refractivity contribution is 7.89. The van der Waals surface area contributed by atoms with Crippen molar-refractivity contribution in [1.29, 1.82) is 0 Å². The van der Waals surface area contributed by atoms with E-state index in [0.29, 0.717) is 24.2 Å². The second-order valence-corrected chi connectivity index (χ2v) is 9.00. The molecule has 12 heteroatoms. The number of sulfonamides is 1. The minimum absolute atomic E-state index is 0.116. The Labute approximate surface area is 173 Å². The van der Waals surface area contributed by atoms with Gasteiger partial charge >= 0.3 is 0 Å². The Kier molecular flexibility index (Phi) is 5.35. The fourth-order valence-corrected chi connectivity index (χ4v) is 5.34. The van der Waals surface area contributed by atoms with Crippen LogP contribution in [0, 0.1) is 19.8 Å². The van der Waals surface area contributed by atoms with Crippen LogP contribution in [0.5, 0.6) is 0 Å². The summed E-state index contributed by atoms with van der Waals surface area (Å²) in [4.78, 5) is 12.8. The molecular formula is C18H21N7O4S. The normalized spacial score (nSPS) is 15.9. The van der Waals surface area contributed by atoms with E-state index in [-0.39, 0.29) is 35.6 Å². The van der Waals surface area contributed by atoms with Gasteiger partial charge in [-0.05, 0) is 55.3 Å². The Morgan fingerprint density at radius 2 is 2.00 bits per heavy atom. The van der Waals surface area contributed by atoms with Crippen molar-refractivity contribution in [3.05, 3.63) is 42.0 Å². The Morgan fingerprint density at radius 3 is 2.63 bits per heavy atom. The summed E-state index contributed by atoms with van der Waals surface area (Å²) in [6, 6.07) is 7.17. The minimum atomic E-state index is -3.69. The lowest BCUT2D eigenvalue weighted by molar-refractivity contribution is -0.120. The zero-order chi connectivity index (χ0) is 21.3. The summed E-state index contributed by atoms with van der Waals surface area (Å²) in [5.41, 5.74) is 1.69. The molecule has 1 N–H and O–H groups in total. The number of hydrogen-bond acceptors (Lipinski definition) is 8. The first kappa shape index (κ1) is 20.2. The average molecular weight is 431 g/mol. The van der Waals surface area contributed by atoms with Crippen molar-refractivity contribution in [2.24, 2.45) is 5.92 Å². The lowest BCUT2D eigenvalue weighted by Gasteiger charge is -2.30. The number of amides is 1. The molecule has 30 heavy (non-hydrogen) atoms. The monoisotopic (exact) mass is 431 g/mol. The van der Waals surface area contributed by atoms with Gasteiger partial charge in [0.25, 0.3) is 0 Å². The van der Waals surface area contributed by atoms with Gasteiger partial charge in [0.2, 0.25) is 15.9 Å². The SMILES string of the molecule is Cc1noc(C)c1S(=O)(=O)N1CCC(C(=O)Nc2cccc(-n3cnnn3)c2)CC1. The van der Waals surface area contributed by atoms with Crippen molar-refractivity contribution in [2.45, 2.75) is 31.6 Å². The zero-order valence-electron chi connectivity index (χ0n) is 16.5. The minimum Gasteiger partial charge on any atom is -0.360 e. The lowest BCUT2D eigenvalue weighted by atomic mass is 9.97. The second-order valence-electron chi connectivity index (χ2n) is 7.13. The van der Waals surface area contributed by atoms with Crippen LogP contribution in [0.4, 0.5) is 5.69 Å². The predicted molar refractivity (Wildman–Crippen MR) is 105 cm³/mol. The van der Waals surface area contributed by atoms with E-state index in [0.717, 1.165) is 5.69 Å². The molecule has 1 fully saturated rings. The molecule has 1 aliphatic rings. The predicted octanol–water partition coefficient (Wildman–Crippen LogP) is 1.31. The summed E-state index contributed by atoms with van der Waals surface area (Å²) in [5, 5.41) is 17.7. The fourth-order valence-electron chi connectivity index (χ4n) is 3.58. The quantitative estimate of drug-likeness (QED) is 0.638. The molecule has 3 heterocycles. The Balaban J connectivity index is 1.40. The van der Waals surface area contributed by atoms with Crippen molar-refractivity contribution >= 4 is 21.6 Å². The first-order valence-corrected chi connectivity index (χ1v) is 10.9. The zero-order valence-corrected chi connectivity index (χ0v) is 17.3. The molecule has 1 aliphatic heterocycles. The maximum Gasteiger partial charge on any atom is 0.248 e. The van der Waals surface area contributed by atoms with Gasteiger partial charge in [0.1, 0.15) is 16.9 Å². The topological polar surface area (TPSA) is 136 Å². The fraction of sp³-hybridized carbons (Fsp3) is 0.389. The highest BCUT2D eigenvalue weighted by Gasteiger charge is 2.35. The van der Waals surface area contributed by atoms with Crippen molar-refractivity contribution < 1.29 is 17.7 Å². The van der Waals surface area contributed by atoms with Crippen LogP contribution >= 0.6 is 0 Å². The third kappa shape index (κ3) is 3.83. The van der Waals surface area contributed by atoms with Crippen molar-refractivity contribution in [2.75, 3.05) is 18.4 Å². The molecule has 0 atom stereocenters. The van der Waals surface area contributed by atoms with Gasteiger partial charge in [0.15, 0.2) is 5.76 Å². The van der Waals surface area contributed by atoms with Gasteiger partial charge in [-0.3, -0.25) is 4.79 Å². The van der Waals surface area contributed by atoms with Crippen LogP contribution in [-0.2, 0) is 14.8 Å². The van der Waals surface area contributed by atoms with E-state index in [2.05, 4.69) is 26.0 Å². The van der Waals surface area contributed by atoms with Crippen LogP contribution in [0.15, 0.2) is 40.0 Å². The van der Waals surface area contributed by atoms with Crippen LogP contribution in [0.1, 0.15) is 24.3 Å². The third-order valence-corrected chi connectivity index (χ3v) is 7.26. The van der Waals surface area contributed by atoms with Crippen LogP contribution in [0.3, 0.4) is 0 Å². The standard InChI is InChI=1S/C18H21N7O4S/c1-12-17(13(2)29-21-12)30(27,28)24-8-6-14(7-9-24)18(26)20-15-4-3-5-16(10-15)25-11-19-22-23-25/h3-5,10-11,14H,6-9H2,1-2H3,(H,20,26). The molecule has 0 unspecified atom stereocenters. The van der Waals surface area contributed by atoms with E-state index >= 15 is 0 Å². The largest absolute Gasteiger partial charge is 0.360 e. The first-order chi connectivity index (χ1) is 14.4. The molecule has 3 aromatic rings. The van der Waals surface area contributed by atoms with E-state index < -0.39 is 10.0 Å². The highest BCUT2D eigenvalue weighted by Crippen LogP contribution is 2.28. The van der Waals surface area contributed by atoms with Crippen LogP contribution in [-0.4, -0.2) is 57.1 Å². The molecule has 1 aromatic carbocycles. The molecule has 11 nitrogen and oxygen atoms in total. The van der Waals surface area contributed by atoms with Crippen molar-refractivity contribution in [3.63, 3.8) is 0 Å². The van der Waals surface area contributed by atoms with Crippen LogP contribution in [0.25, 0.3) is 5.69 Å². The number of nitrogens with one attached hydrogen (secondary N) is 1. The second kappa shape index (κ2) is 7.95. The molecule has 0 bridgehead atoms. The Hall–Kier alpha value is -3.12. The van der Waals surface area contributed by atoms with Crippen LogP contribution in [0.2, 0.25) is 0 Å². The van der Waals surface area contributed by atoms with Gasteiger partial charge < -0.3 is 9.84 Å². The molecule has 1 saturated heterocycles. The number of nitrogens with zero attached hydrogens (tertiary/aromatic N) is 6.